The van der Waals surface area contributed by atoms with E-state index in [0.29, 0.717) is 5.92 Å². The Hall–Kier alpha value is -0.960. The third kappa shape index (κ3) is 3.03. The fraction of sp³-hybridized carbons (Fsp3) is 0.500. The van der Waals surface area contributed by atoms with Crippen LogP contribution in [0.25, 0.3) is 0 Å². The summed E-state index contributed by atoms with van der Waals surface area (Å²) in [6.45, 7) is 2.10. The van der Waals surface area contributed by atoms with Gasteiger partial charge in [-0.25, -0.2) is 0 Å². The fourth-order valence-electron chi connectivity index (χ4n) is 2.38. The number of aryl methyl sites for hydroxylation is 1. The van der Waals surface area contributed by atoms with Crippen molar-refractivity contribution in [3.05, 3.63) is 29.3 Å². The summed E-state index contributed by atoms with van der Waals surface area (Å²) in [6, 6.07) is 6.38. The smallest absolute Gasteiger partial charge is 0.303 e. The lowest BCUT2D eigenvalue weighted by atomic mass is 9.90. The molecule has 0 saturated heterocycles. The van der Waals surface area contributed by atoms with E-state index in [1.807, 2.05) is 0 Å². The molecule has 0 heterocycles. The summed E-state index contributed by atoms with van der Waals surface area (Å²) in [5, 5.41) is 8.99. The Morgan fingerprint density at radius 3 is 2.71 bits per heavy atom. The van der Waals surface area contributed by atoms with Crippen LogP contribution in [0.3, 0.4) is 0 Å². The molecule has 0 spiro atoms. The molecule has 1 saturated carbocycles. The molecule has 0 aromatic heterocycles. The predicted octanol–water partition coefficient (Wildman–Crippen LogP) is 3.69. The molecule has 1 unspecified atom stereocenters. The third-order valence-electron chi connectivity index (χ3n) is 3.43. The van der Waals surface area contributed by atoms with E-state index in [0.717, 1.165) is 0 Å². The van der Waals surface area contributed by atoms with Crippen LogP contribution < -0.4 is 0 Å². The number of benzene rings is 1. The van der Waals surface area contributed by atoms with Crippen molar-refractivity contribution in [2.24, 2.45) is 5.92 Å². The Balaban J connectivity index is 2.23. The highest BCUT2D eigenvalue weighted by Crippen LogP contribution is 2.45. The molecule has 92 valence electrons. The highest BCUT2D eigenvalue weighted by atomic mass is 32.2. The first kappa shape index (κ1) is 12.5. The van der Waals surface area contributed by atoms with Gasteiger partial charge in [-0.15, -0.1) is 11.8 Å². The largest absolute Gasteiger partial charge is 0.481 e. The molecule has 1 N–H and O–H groups in total. The van der Waals surface area contributed by atoms with Crippen molar-refractivity contribution in [2.45, 2.75) is 37.0 Å². The molecule has 1 fully saturated rings. The first-order valence-corrected chi connectivity index (χ1v) is 7.20. The molecule has 2 rings (SSSR count). The van der Waals surface area contributed by atoms with E-state index >= 15 is 0 Å². The highest BCUT2D eigenvalue weighted by Gasteiger charge is 2.33. The van der Waals surface area contributed by atoms with Crippen molar-refractivity contribution in [2.75, 3.05) is 6.26 Å². The second-order valence-corrected chi connectivity index (χ2v) is 5.62. The maximum Gasteiger partial charge on any atom is 0.303 e. The van der Waals surface area contributed by atoms with Crippen LogP contribution in [0.1, 0.15) is 36.3 Å². The summed E-state index contributed by atoms with van der Waals surface area (Å²) in [7, 11) is 0. The average molecular weight is 250 g/mol. The monoisotopic (exact) mass is 250 g/mol. The lowest BCUT2D eigenvalue weighted by molar-refractivity contribution is -0.137. The molecule has 0 amide bonds. The van der Waals surface area contributed by atoms with Crippen LogP contribution in [0.15, 0.2) is 23.1 Å². The molecule has 0 aliphatic heterocycles. The molecule has 1 aromatic rings. The Labute approximate surface area is 106 Å². The van der Waals surface area contributed by atoms with Gasteiger partial charge in [-0.05, 0) is 55.1 Å². The molecule has 17 heavy (non-hydrogen) atoms. The quantitative estimate of drug-likeness (QED) is 0.810. The number of rotatable bonds is 5. The summed E-state index contributed by atoms with van der Waals surface area (Å²) in [5.41, 5.74) is 2.45. The zero-order chi connectivity index (χ0) is 12.4. The molecule has 0 bridgehead atoms. The lowest BCUT2D eigenvalue weighted by Crippen LogP contribution is -2.08. The van der Waals surface area contributed by atoms with Crippen molar-refractivity contribution in [3.8, 4) is 0 Å². The van der Waals surface area contributed by atoms with Crippen molar-refractivity contribution in [1.82, 2.24) is 0 Å². The summed E-state index contributed by atoms with van der Waals surface area (Å²) in [4.78, 5) is 12.2. The number of aliphatic carboxylic acids is 1. The van der Waals surface area contributed by atoms with Gasteiger partial charge in [0.15, 0.2) is 0 Å². The highest BCUT2D eigenvalue weighted by molar-refractivity contribution is 7.98. The van der Waals surface area contributed by atoms with Crippen LogP contribution >= 0.6 is 11.8 Å². The minimum absolute atomic E-state index is 0.210. The van der Waals surface area contributed by atoms with Gasteiger partial charge >= 0.3 is 5.97 Å². The number of carbonyl (C=O) groups is 1. The molecule has 1 atom stereocenters. The molecular weight excluding hydrogens is 232 g/mol. The fourth-order valence-corrected chi connectivity index (χ4v) is 2.96. The second-order valence-electron chi connectivity index (χ2n) is 4.77. The van der Waals surface area contributed by atoms with Gasteiger partial charge in [0.25, 0.3) is 0 Å². The Morgan fingerprint density at radius 2 is 2.24 bits per heavy atom. The predicted molar refractivity (Wildman–Crippen MR) is 70.7 cm³/mol. The van der Waals surface area contributed by atoms with E-state index in [-0.39, 0.29) is 12.3 Å². The standard InChI is InChI=1S/C14H18O2S/c1-9-7-11(5-6-13(9)17-2)12(8-14(15)16)10-3-4-10/h5-7,10,12H,3-4,8H2,1-2H3,(H,15,16). The maximum atomic E-state index is 10.9. The summed E-state index contributed by atoms with van der Waals surface area (Å²) >= 11 is 1.74. The van der Waals surface area contributed by atoms with Gasteiger partial charge in [0.2, 0.25) is 0 Å². The van der Waals surface area contributed by atoms with E-state index in [9.17, 15) is 4.79 Å². The van der Waals surface area contributed by atoms with E-state index in [2.05, 4.69) is 31.4 Å². The van der Waals surface area contributed by atoms with Crippen molar-refractivity contribution in [3.63, 3.8) is 0 Å². The molecule has 3 heteroatoms. The van der Waals surface area contributed by atoms with E-state index in [1.165, 1.54) is 28.9 Å². The molecular formula is C14H18O2S. The molecule has 0 radical (unpaired) electrons. The first-order valence-electron chi connectivity index (χ1n) is 5.98. The van der Waals surface area contributed by atoms with Gasteiger partial charge in [-0.2, -0.15) is 0 Å². The van der Waals surface area contributed by atoms with Crippen LogP contribution in [0.5, 0.6) is 0 Å². The Kier molecular flexibility index (Phi) is 3.77. The van der Waals surface area contributed by atoms with E-state index in [1.54, 1.807) is 11.8 Å². The van der Waals surface area contributed by atoms with Crippen molar-refractivity contribution in [1.29, 1.82) is 0 Å². The van der Waals surface area contributed by atoms with Gasteiger partial charge in [0.05, 0.1) is 6.42 Å². The minimum atomic E-state index is -0.687. The number of hydrogen-bond donors (Lipinski definition) is 1. The van der Waals surface area contributed by atoms with Gasteiger partial charge < -0.3 is 5.11 Å². The number of carboxylic acids is 1. The van der Waals surface area contributed by atoms with Gasteiger partial charge in [-0.1, -0.05) is 12.1 Å². The van der Waals surface area contributed by atoms with Gasteiger partial charge in [0, 0.05) is 4.90 Å². The van der Waals surface area contributed by atoms with Crippen molar-refractivity contribution >= 4 is 17.7 Å². The van der Waals surface area contributed by atoms with E-state index in [4.69, 9.17) is 5.11 Å². The number of carboxylic acid groups (broad SMARTS) is 1. The molecule has 1 aromatic carbocycles. The van der Waals surface area contributed by atoms with Gasteiger partial charge in [-0.3, -0.25) is 4.79 Å². The maximum absolute atomic E-state index is 10.9. The summed E-state index contributed by atoms with van der Waals surface area (Å²) in [5.74, 6) is 0.112. The Morgan fingerprint density at radius 1 is 1.53 bits per heavy atom. The van der Waals surface area contributed by atoms with Crippen LogP contribution in [-0.2, 0) is 4.79 Å². The zero-order valence-corrected chi connectivity index (χ0v) is 11.1. The average Bonchev–Trinajstić information content (AvgIpc) is 3.09. The Bertz CT molecular complexity index is 424. The van der Waals surface area contributed by atoms with Crippen LogP contribution in [-0.4, -0.2) is 17.3 Å². The van der Waals surface area contributed by atoms with Crippen LogP contribution in [0.2, 0.25) is 0 Å². The molecule has 1 aliphatic carbocycles. The van der Waals surface area contributed by atoms with Gasteiger partial charge in [0.1, 0.15) is 0 Å². The number of thioether (sulfide) groups is 1. The SMILES string of the molecule is CSc1ccc(C(CC(=O)O)C2CC2)cc1C. The summed E-state index contributed by atoms with van der Waals surface area (Å²) < 4.78 is 0. The zero-order valence-electron chi connectivity index (χ0n) is 10.3. The number of hydrogen-bond acceptors (Lipinski definition) is 2. The summed E-state index contributed by atoms with van der Waals surface area (Å²) in [6.07, 6.45) is 4.70. The molecule has 2 nitrogen and oxygen atoms in total. The lowest BCUT2D eigenvalue weighted by Gasteiger charge is -2.16. The minimum Gasteiger partial charge on any atom is -0.481 e. The first-order chi connectivity index (χ1) is 8.11. The second kappa shape index (κ2) is 5.13. The normalized spacial score (nSPS) is 16.8. The van der Waals surface area contributed by atoms with Crippen LogP contribution in [0, 0.1) is 12.8 Å². The third-order valence-corrected chi connectivity index (χ3v) is 4.33. The van der Waals surface area contributed by atoms with Crippen LogP contribution in [0.4, 0.5) is 0 Å². The van der Waals surface area contributed by atoms with E-state index < -0.39 is 5.97 Å². The molecule has 1 aliphatic rings. The van der Waals surface area contributed by atoms with Crippen molar-refractivity contribution < 1.29 is 9.90 Å². The topological polar surface area (TPSA) is 37.3 Å².